The summed E-state index contributed by atoms with van der Waals surface area (Å²) in [5.41, 5.74) is 0. The fourth-order valence-corrected chi connectivity index (χ4v) is 2.53. The lowest BCUT2D eigenvalue weighted by atomic mass is 10.1. The van der Waals surface area contributed by atoms with E-state index in [2.05, 4.69) is 22.9 Å². The summed E-state index contributed by atoms with van der Waals surface area (Å²) in [5, 5.41) is 0. The maximum atomic E-state index is 5.09. The van der Waals surface area contributed by atoms with Gasteiger partial charge in [0, 0.05) is 11.9 Å². The molecule has 0 spiro atoms. The summed E-state index contributed by atoms with van der Waals surface area (Å²) >= 11 is 3.62. The van der Waals surface area contributed by atoms with E-state index in [-0.39, 0.29) is 0 Å². The normalized spacial score (nSPS) is 12.9. The molecule has 0 saturated heterocycles. The van der Waals surface area contributed by atoms with Gasteiger partial charge >= 0.3 is 0 Å². The molecule has 0 aliphatic carbocycles. The van der Waals surface area contributed by atoms with Gasteiger partial charge in [0.2, 0.25) is 0 Å². The molecule has 0 aliphatic rings. The minimum absolute atomic E-state index is 0.557. The van der Waals surface area contributed by atoms with Crippen LogP contribution in [0.25, 0.3) is 0 Å². The third-order valence-electron chi connectivity index (χ3n) is 2.97. The topological polar surface area (TPSA) is 9.23 Å². The molecular weight excluding hydrogens is 264 g/mol. The summed E-state index contributed by atoms with van der Waals surface area (Å²) in [4.78, 5) is 0.557. The van der Waals surface area contributed by atoms with E-state index in [0.29, 0.717) is 4.83 Å². The molecule has 16 heavy (non-hydrogen) atoms. The Hall–Kier alpha value is 0.440. The summed E-state index contributed by atoms with van der Waals surface area (Å²) < 4.78 is 5.09. The van der Waals surface area contributed by atoms with Gasteiger partial charge in [0.1, 0.15) is 0 Å². The molecule has 0 aromatic heterocycles. The van der Waals surface area contributed by atoms with Crippen LogP contribution in [-0.4, -0.2) is 18.5 Å². The van der Waals surface area contributed by atoms with Crippen LogP contribution in [0, 0.1) is 0 Å². The Morgan fingerprint density at radius 3 is 1.88 bits per heavy atom. The molecule has 0 amide bonds. The Labute approximate surface area is 110 Å². The van der Waals surface area contributed by atoms with Crippen LogP contribution in [-0.2, 0) is 4.74 Å². The smallest absolute Gasteiger partial charge is 0.0587 e. The predicted octanol–water partition coefficient (Wildman–Crippen LogP) is 5.32. The van der Waals surface area contributed by atoms with Crippen LogP contribution in [0.15, 0.2) is 0 Å². The fraction of sp³-hybridized carbons (Fsp3) is 1.00. The molecule has 0 bridgehead atoms. The number of unbranched alkanes of at least 4 members (excludes halogenated alkanes) is 8. The van der Waals surface area contributed by atoms with Crippen molar-refractivity contribution >= 4 is 15.9 Å². The van der Waals surface area contributed by atoms with E-state index in [0.717, 1.165) is 6.61 Å². The zero-order valence-corrected chi connectivity index (χ0v) is 12.7. The first-order valence-electron chi connectivity index (χ1n) is 6.94. The Balaban J connectivity index is 2.98. The lowest BCUT2D eigenvalue weighted by Crippen LogP contribution is -2.05. The van der Waals surface area contributed by atoms with E-state index < -0.39 is 0 Å². The summed E-state index contributed by atoms with van der Waals surface area (Å²) in [6.07, 6.45) is 13.9. The first kappa shape index (κ1) is 16.4. The van der Waals surface area contributed by atoms with Gasteiger partial charge in [-0.1, -0.05) is 80.6 Å². The van der Waals surface area contributed by atoms with Gasteiger partial charge in [-0.3, -0.25) is 0 Å². The summed E-state index contributed by atoms with van der Waals surface area (Å²) in [6.45, 7) is 3.12. The van der Waals surface area contributed by atoms with Crippen molar-refractivity contribution in [2.24, 2.45) is 0 Å². The lowest BCUT2D eigenvalue weighted by Gasteiger charge is -2.07. The van der Waals surface area contributed by atoms with Crippen molar-refractivity contribution in [1.29, 1.82) is 0 Å². The standard InChI is InChI=1S/C14H29BrO/c1-3-4-5-6-7-8-9-10-11-12-14(15)13-16-2/h14H,3-13H2,1-2H3. The highest BCUT2D eigenvalue weighted by atomic mass is 79.9. The minimum atomic E-state index is 0.557. The highest BCUT2D eigenvalue weighted by Crippen LogP contribution is 2.14. The number of halogens is 1. The summed E-state index contributed by atoms with van der Waals surface area (Å²) in [7, 11) is 1.77. The molecule has 0 radical (unpaired) electrons. The number of hydrogen-bond acceptors (Lipinski definition) is 1. The maximum absolute atomic E-state index is 5.09. The van der Waals surface area contributed by atoms with Crippen molar-refractivity contribution in [2.75, 3.05) is 13.7 Å². The van der Waals surface area contributed by atoms with Crippen molar-refractivity contribution in [3.63, 3.8) is 0 Å². The molecular formula is C14H29BrO. The van der Waals surface area contributed by atoms with E-state index in [4.69, 9.17) is 4.74 Å². The Kier molecular flexibility index (Phi) is 13.9. The van der Waals surface area contributed by atoms with Crippen molar-refractivity contribution in [3.05, 3.63) is 0 Å². The lowest BCUT2D eigenvalue weighted by molar-refractivity contribution is 0.197. The molecule has 0 saturated carbocycles. The number of rotatable bonds is 12. The zero-order chi connectivity index (χ0) is 12.1. The van der Waals surface area contributed by atoms with Gasteiger partial charge in [-0.25, -0.2) is 0 Å². The molecule has 0 rings (SSSR count). The van der Waals surface area contributed by atoms with Crippen molar-refractivity contribution < 1.29 is 4.74 Å². The van der Waals surface area contributed by atoms with Crippen LogP contribution in [0.4, 0.5) is 0 Å². The Morgan fingerprint density at radius 1 is 0.875 bits per heavy atom. The SMILES string of the molecule is CCCCCCCCCCCC(Br)COC. The molecule has 0 aromatic rings. The quantitative estimate of drug-likeness (QED) is 0.349. The second-order valence-corrected chi connectivity index (χ2v) is 5.96. The molecule has 1 atom stereocenters. The monoisotopic (exact) mass is 292 g/mol. The van der Waals surface area contributed by atoms with Crippen LogP contribution in [0.5, 0.6) is 0 Å². The van der Waals surface area contributed by atoms with Crippen LogP contribution in [0.1, 0.15) is 71.1 Å². The summed E-state index contributed by atoms with van der Waals surface area (Å²) in [6, 6.07) is 0. The average Bonchev–Trinajstić information content (AvgIpc) is 2.27. The first-order valence-corrected chi connectivity index (χ1v) is 7.85. The molecule has 0 heterocycles. The van der Waals surface area contributed by atoms with Crippen LogP contribution in [0.2, 0.25) is 0 Å². The molecule has 2 heteroatoms. The van der Waals surface area contributed by atoms with Crippen molar-refractivity contribution in [3.8, 4) is 0 Å². The first-order chi connectivity index (χ1) is 7.81. The minimum Gasteiger partial charge on any atom is -0.384 e. The van der Waals surface area contributed by atoms with E-state index in [1.165, 1.54) is 64.2 Å². The molecule has 1 unspecified atom stereocenters. The zero-order valence-electron chi connectivity index (χ0n) is 11.1. The number of methoxy groups -OCH3 is 1. The van der Waals surface area contributed by atoms with Crippen LogP contribution in [0.3, 0.4) is 0 Å². The fourth-order valence-electron chi connectivity index (χ4n) is 1.94. The highest BCUT2D eigenvalue weighted by molar-refractivity contribution is 9.09. The predicted molar refractivity (Wildman–Crippen MR) is 76.4 cm³/mol. The average molecular weight is 293 g/mol. The van der Waals surface area contributed by atoms with Gasteiger partial charge in [-0.2, -0.15) is 0 Å². The number of ether oxygens (including phenoxy) is 1. The second kappa shape index (κ2) is 13.5. The molecule has 98 valence electrons. The Bertz CT molecular complexity index is 128. The van der Waals surface area contributed by atoms with Gasteiger partial charge in [0.05, 0.1) is 6.61 Å². The van der Waals surface area contributed by atoms with Gasteiger partial charge in [-0.15, -0.1) is 0 Å². The Morgan fingerprint density at radius 2 is 1.38 bits per heavy atom. The molecule has 0 aromatic carbocycles. The second-order valence-electron chi connectivity index (χ2n) is 4.67. The van der Waals surface area contributed by atoms with Crippen LogP contribution < -0.4 is 0 Å². The summed E-state index contributed by atoms with van der Waals surface area (Å²) in [5.74, 6) is 0. The van der Waals surface area contributed by atoms with E-state index in [9.17, 15) is 0 Å². The molecule has 1 nitrogen and oxygen atoms in total. The van der Waals surface area contributed by atoms with Crippen molar-refractivity contribution in [2.45, 2.75) is 76.0 Å². The van der Waals surface area contributed by atoms with Gasteiger partial charge in [-0.05, 0) is 6.42 Å². The van der Waals surface area contributed by atoms with E-state index in [1.807, 2.05) is 0 Å². The molecule has 0 N–H and O–H groups in total. The van der Waals surface area contributed by atoms with Gasteiger partial charge in [0.25, 0.3) is 0 Å². The third-order valence-corrected chi connectivity index (χ3v) is 3.69. The molecule has 0 aliphatic heterocycles. The van der Waals surface area contributed by atoms with E-state index >= 15 is 0 Å². The number of hydrogen-bond donors (Lipinski definition) is 0. The third kappa shape index (κ3) is 12.5. The van der Waals surface area contributed by atoms with Gasteiger partial charge in [0.15, 0.2) is 0 Å². The molecule has 0 fully saturated rings. The number of alkyl halides is 1. The largest absolute Gasteiger partial charge is 0.384 e. The highest BCUT2D eigenvalue weighted by Gasteiger charge is 2.02. The van der Waals surface area contributed by atoms with Crippen molar-refractivity contribution in [1.82, 2.24) is 0 Å². The maximum Gasteiger partial charge on any atom is 0.0587 e. The van der Waals surface area contributed by atoms with Gasteiger partial charge < -0.3 is 4.74 Å². The van der Waals surface area contributed by atoms with E-state index in [1.54, 1.807) is 7.11 Å². The van der Waals surface area contributed by atoms with Crippen LogP contribution >= 0.6 is 15.9 Å².